The Morgan fingerprint density at radius 3 is 2.73 bits per heavy atom. The number of nitrogens with two attached hydrogens (primary N) is 1. The fourth-order valence-corrected chi connectivity index (χ4v) is 5.97. The summed E-state index contributed by atoms with van der Waals surface area (Å²) in [5.41, 5.74) is 5.35. The Labute approximate surface area is 197 Å². The van der Waals surface area contributed by atoms with Gasteiger partial charge in [-0.3, -0.25) is 4.79 Å². The molecule has 1 fully saturated rings. The maximum absolute atomic E-state index is 12.7. The topological polar surface area (TPSA) is 132 Å². The van der Waals surface area contributed by atoms with Gasteiger partial charge in [-0.05, 0) is 58.0 Å². The number of likely N-dealkylation sites (tertiary alicyclic amines) is 1. The van der Waals surface area contributed by atoms with Crippen LogP contribution in [0.3, 0.4) is 0 Å². The Balaban J connectivity index is 0.00000259. The van der Waals surface area contributed by atoms with Crippen molar-refractivity contribution in [2.24, 2.45) is 5.73 Å². The van der Waals surface area contributed by atoms with E-state index in [1.54, 1.807) is 12.1 Å². The van der Waals surface area contributed by atoms with Crippen molar-refractivity contribution in [3.63, 3.8) is 0 Å². The SMILES string of the molecule is CC(N)C(=O)OC(C)C(=O)OC1=CCC2(O)C3Cc4ccc(O)c5c4C2(CCN3C)C1O5.Cl. The Morgan fingerprint density at radius 2 is 2.03 bits per heavy atom. The number of phenolic OH excluding ortho intramolecular Hbond substituents is 1. The third kappa shape index (κ3) is 3.10. The maximum Gasteiger partial charge on any atom is 0.352 e. The summed E-state index contributed by atoms with van der Waals surface area (Å²) in [4.78, 5) is 26.6. The molecule has 1 aromatic carbocycles. The number of hydrogen-bond donors (Lipinski definition) is 3. The Hall–Kier alpha value is -2.33. The van der Waals surface area contributed by atoms with Crippen LogP contribution in [0.5, 0.6) is 11.5 Å². The number of aliphatic hydroxyl groups is 1. The van der Waals surface area contributed by atoms with Crippen molar-refractivity contribution < 1.29 is 34.0 Å². The largest absolute Gasteiger partial charge is 0.504 e. The minimum atomic E-state index is -1.16. The Bertz CT molecular complexity index is 1040. The van der Waals surface area contributed by atoms with Crippen molar-refractivity contribution in [2.75, 3.05) is 13.6 Å². The minimum absolute atomic E-state index is 0. The molecule has 2 bridgehead atoms. The van der Waals surface area contributed by atoms with E-state index < -0.39 is 41.2 Å². The molecule has 0 radical (unpaired) electrons. The van der Waals surface area contributed by atoms with E-state index in [2.05, 4.69) is 4.90 Å². The zero-order chi connectivity index (χ0) is 23.0. The molecule has 4 N–H and O–H groups in total. The van der Waals surface area contributed by atoms with E-state index in [4.69, 9.17) is 19.9 Å². The number of ether oxygens (including phenoxy) is 3. The van der Waals surface area contributed by atoms with Crippen molar-refractivity contribution in [3.8, 4) is 11.5 Å². The molecular weight excluding hydrogens is 452 g/mol. The predicted octanol–water partition coefficient (Wildman–Crippen LogP) is 0.914. The van der Waals surface area contributed by atoms with Crippen molar-refractivity contribution in [1.82, 2.24) is 4.90 Å². The first-order valence-electron chi connectivity index (χ1n) is 10.9. The molecule has 0 aromatic heterocycles. The number of carbonyl (C=O) groups is 2. The second-order valence-corrected chi connectivity index (χ2v) is 9.39. The van der Waals surface area contributed by atoms with E-state index in [9.17, 15) is 19.8 Å². The fourth-order valence-electron chi connectivity index (χ4n) is 5.97. The summed E-state index contributed by atoms with van der Waals surface area (Å²) < 4.78 is 17.0. The molecule has 0 amide bonds. The first kappa shape index (κ1) is 23.8. The molecule has 180 valence electrons. The average Bonchev–Trinajstić information content (AvgIpc) is 3.10. The van der Waals surface area contributed by atoms with Gasteiger partial charge in [0.2, 0.25) is 0 Å². The van der Waals surface area contributed by atoms with Gasteiger partial charge in [0.25, 0.3) is 0 Å². The second kappa shape index (κ2) is 7.87. The second-order valence-electron chi connectivity index (χ2n) is 9.39. The number of hydrogen-bond acceptors (Lipinski definition) is 9. The number of nitrogens with zero attached hydrogens (tertiary/aromatic N) is 1. The number of carbonyl (C=O) groups excluding carboxylic acids is 2. The third-order valence-electron chi connectivity index (χ3n) is 7.57. The van der Waals surface area contributed by atoms with Gasteiger partial charge in [-0.2, -0.15) is 0 Å². The molecule has 2 aliphatic heterocycles. The summed E-state index contributed by atoms with van der Waals surface area (Å²) in [6.45, 7) is 3.61. The van der Waals surface area contributed by atoms with Gasteiger partial charge in [-0.15, -0.1) is 12.4 Å². The molecule has 4 aliphatic rings. The molecular formula is C23H29ClN2O7. The Morgan fingerprint density at radius 1 is 1.30 bits per heavy atom. The van der Waals surface area contributed by atoms with Crippen molar-refractivity contribution in [3.05, 3.63) is 35.1 Å². The van der Waals surface area contributed by atoms with Gasteiger partial charge < -0.3 is 35.1 Å². The molecule has 2 aliphatic carbocycles. The number of esters is 2. The zero-order valence-electron chi connectivity index (χ0n) is 18.7. The summed E-state index contributed by atoms with van der Waals surface area (Å²) in [5.74, 6) is -0.859. The molecule has 5 rings (SSSR count). The van der Waals surface area contributed by atoms with E-state index in [-0.39, 0.29) is 36.4 Å². The lowest BCUT2D eigenvalue weighted by molar-refractivity contribution is -0.175. The summed E-state index contributed by atoms with van der Waals surface area (Å²) >= 11 is 0. The van der Waals surface area contributed by atoms with E-state index in [0.717, 1.165) is 17.7 Å². The lowest BCUT2D eigenvalue weighted by Crippen LogP contribution is -2.74. The number of piperidine rings is 1. The van der Waals surface area contributed by atoms with Gasteiger partial charge in [0.05, 0.1) is 11.0 Å². The zero-order valence-corrected chi connectivity index (χ0v) is 19.6. The number of aromatic hydroxyl groups is 1. The van der Waals surface area contributed by atoms with Crippen LogP contribution in [0.1, 0.15) is 37.8 Å². The van der Waals surface area contributed by atoms with Crippen molar-refractivity contribution in [1.29, 1.82) is 0 Å². The quantitative estimate of drug-likeness (QED) is 0.538. The molecule has 10 heteroatoms. The number of phenols is 1. The molecule has 1 aromatic rings. The van der Waals surface area contributed by atoms with Gasteiger partial charge in [-0.25, -0.2) is 4.79 Å². The van der Waals surface area contributed by atoms with Crippen LogP contribution in [-0.4, -0.2) is 70.5 Å². The third-order valence-corrected chi connectivity index (χ3v) is 7.57. The van der Waals surface area contributed by atoms with Crippen LogP contribution in [0, 0.1) is 0 Å². The normalized spacial score (nSPS) is 32.9. The van der Waals surface area contributed by atoms with E-state index >= 15 is 0 Å². The van der Waals surface area contributed by atoms with Crippen molar-refractivity contribution >= 4 is 24.3 Å². The number of likely N-dealkylation sites (N-methyl/N-ethyl adjacent to an activating group) is 1. The highest BCUT2D eigenvalue weighted by Gasteiger charge is 2.72. The van der Waals surface area contributed by atoms with E-state index in [1.807, 2.05) is 13.1 Å². The molecule has 6 atom stereocenters. The van der Waals surface area contributed by atoms with Crippen LogP contribution in [0.2, 0.25) is 0 Å². The summed E-state index contributed by atoms with van der Waals surface area (Å²) in [6.07, 6.45) is 1.24. The molecule has 2 heterocycles. The molecule has 1 spiro atoms. The van der Waals surface area contributed by atoms with Crippen LogP contribution in [0.25, 0.3) is 0 Å². The van der Waals surface area contributed by atoms with Crippen LogP contribution < -0.4 is 10.5 Å². The number of rotatable bonds is 4. The lowest BCUT2D eigenvalue weighted by atomic mass is 9.50. The standard InChI is InChI=1S/C23H28N2O7.ClH/c1-11(24)20(27)30-12(2)21(28)31-15-6-7-23(29)16-10-13-4-5-14(26)18-17(13)22(23,19(15)32-18)8-9-25(16)3;/h4-6,11-12,16,19,26,29H,7-10,24H2,1-3H3;1H. The smallest absolute Gasteiger partial charge is 0.352 e. The van der Waals surface area contributed by atoms with Gasteiger partial charge in [0.15, 0.2) is 23.7 Å². The monoisotopic (exact) mass is 480 g/mol. The highest BCUT2D eigenvalue weighted by atomic mass is 35.5. The van der Waals surface area contributed by atoms with Crippen LogP contribution in [0.15, 0.2) is 24.0 Å². The first-order chi connectivity index (χ1) is 15.1. The molecule has 33 heavy (non-hydrogen) atoms. The van der Waals surface area contributed by atoms with Crippen LogP contribution >= 0.6 is 12.4 Å². The molecule has 9 nitrogen and oxygen atoms in total. The number of halogens is 1. The molecule has 1 saturated heterocycles. The average molecular weight is 481 g/mol. The van der Waals surface area contributed by atoms with Crippen molar-refractivity contribution in [2.45, 2.75) is 68.4 Å². The fraction of sp³-hybridized carbons (Fsp3) is 0.565. The van der Waals surface area contributed by atoms with Gasteiger partial charge in [0.1, 0.15) is 11.8 Å². The van der Waals surface area contributed by atoms with Gasteiger partial charge in [-0.1, -0.05) is 6.07 Å². The first-order valence-corrected chi connectivity index (χ1v) is 10.9. The summed E-state index contributed by atoms with van der Waals surface area (Å²) in [7, 11) is 2.00. The van der Waals surface area contributed by atoms with Gasteiger partial charge in [0, 0.05) is 18.0 Å². The summed E-state index contributed by atoms with van der Waals surface area (Å²) in [6, 6.07) is 2.49. The Kier molecular flexibility index (Phi) is 5.68. The van der Waals surface area contributed by atoms with Crippen LogP contribution in [-0.2, 0) is 30.9 Å². The predicted molar refractivity (Wildman–Crippen MR) is 119 cm³/mol. The summed E-state index contributed by atoms with van der Waals surface area (Å²) in [5, 5.41) is 22.6. The van der Waals surface area contributed by atoms with E-state index in [1.165, 1.54) is 13.8 Å². The number of benzene rings is 1. The minimum Gasteiger partial charge on any atom is -0.504 e. The van der Waals surface area contributed by atoms with Gasteiger partial charge >= 0.3 is 11.9 Å². The van der Waals surface area contributed by atoms with Crippen LogP contribution in [0.4, 0.5) is 0 Å². The molecule has 6 unspecified atom stereocenters. The highest BCUT2D eigenvalue weighted by molar-refractivity contribution is 5.85. The highest BCUT2D eigenvalue weighted by Crippen LogP contribution is 2.65. The maximum atomic E-state index is 12.7. The molecule has 0 saturated carbocycles. The van der Waals surface area contributed by atoms with E-state index in [0.29, 0.717) is 18.6 Å². The lowest BCUT2D eigenvalue weighted by Gasteiger charge is -2.61.